The van der Waals surface area contributed by atoms with Crippen LogP contribution < -0.4 is 5.32 Å². The Morgan fingerprint density at radius 3 is 2.32 bits per heavy atom. The van der Waals surface area contributed by atoms with Crippen molar-refractivity contribution in [2.75, 3.05) is 5.32 Å². The Labute approximate surface area is 187 Å². The van der Waals surface area contributed by atoms with E-state index >= 15 is 0 Å². The van der Waals surface area contributed by atoms with Crippen LogP contribution in [0, 0.1) is 20.8 Å². The lowest BCUT2D eigenvalue weighted by molar-refractivity contribution is 0.0687. The average Bonchev–Trinajstić information content (AvgIpc) is 2.73. The van der Waals surface area contributed by atoms with Gasteiger partial charge in [-0.2, -0.15) is 0 Å². The van der Waals surface area contributed by atoms with Crippen LogP contribution in [0.1, 0.15) is 36.5 Å². The number of nitrogens with zero attached hydrogens (tertiary/aromatic N) is 3. The summed E-state index contributed by atoms with van der Waals surface area (Å²) in [5.74, 6) is 0.384. The molecule has 0 aliphatic heterocycles. The maximum atomic E-state index is 10.1. The fraction of sp³-hybridized carbons (Fsp3) is 0.240. The average molecular weight is 433 g/mol. The van der Waals surface area contributed by atoms with Crippen LogP contribution in [0.15, 0.2) is 48.8 Å². The lowest BCUT2D eigenvalue weighted by Gasteiger charge is -2.17. The SMILES string of the molecule is Cc1ccc(C)c(Nc2c(Cl)c(C)nc3ccc(-c4cnc(C(C)(C)O)nc4)cc23)c1. The predicted octanol–water partition coefficient (Wildman–Crippen LogP) is 6.24. The lowest BCUT2D eigenvalue weighted by Crippen LogP contribution is -2.19. The molecule has 0 saturated heterocycles. The highest BCUT2D eigenvalue weighted by Crippen LogP contribution is 2.37. The Bertz CT molecular complexity index is 1280. The lowest BCUT2D eigenvalue weighted by atomic mass is 10.0. The van der Waals surface area contributed by atoms with Gasteiger partial charge < -0.3 is 10.4 Å². The van der Waals surface area contributed by atoms with Crippen molar-refractivity contribution < 1.29 is 5.11 Å². The topological polar surface area (TPSA) is 70.9 Å². The van der Waals surface area contributed by atoms with Crippen LogP contribution in [0.4, 0.5) is 11.4 Å². The Kier molecular flexibility index (Phi) is 5.42. The molecule has 0 unspecified atom stereocenters. The number of halogens is 1. The van der Waals surface area contributed by atoms with E-state index in [1.165, 1.54) is 5.56 Å². The normalized spacial score (nSPS) is 11.7. The van der Waals surface area contributed by atoms with Crippen LogP contribution in [0.2, 0.25) is 5.02 Å². The van der Waals surface area contributed by atoms with E-state index in [-0.39, 0.29) is 0 Å². The third-order valence-electron chi connectivity index (χ3n) is 5.28. The minimum absolute atomic E-state index is 0.384. The molecule has 0 aliphatic carbocycles. The third-order valence-corrected chi connectivity index (χ3v) is 5.74. The molecule has 0 radical (unpaired) electrons. The molecule has 2 heterocycles. The fourth-order valence-corrected chi connectivity index (χ4v) is 3.65. The van der Waals surface area contributed by atoms with Gasteiger partial charge in [-0.05, 0) is 69.5 Å². The van der Waals surface area contributed by atoms with Gasteiger partial charge in [0.15, 0.2) is 5.82 Å². The molecule has 2 aromatic heterocycles. The van der Waals surface area contributed by atoms with E-state index in [2.05, 4.69) is 52.3 Å². The number of aryl methyl sites for hydroxylation is 3. The number of benzene rings is 2. The van der Waals surface area contributed by atoms with Gasteiger partial charge in [0.2, 0.25) is 0 Å². The summed E-state index contributed by atoms with van der Waals surface area (Å²) >= 11 is 6.71. The second-order valence-electron chi connectivity index (χ2n) is 8.42. The molecule has 0 saturated carbocycles. The van der Waals surface area contributed by atoms with Crippen molar-refractivity contribution in [1.82, 2.24) is 15.0 Å². The maximum absolute atomic E-state index is 10.1. The smallest absolute Gasteiger partial charge is 0.159 e. The van der Waals surface area contributed by atoms with Crippen LogP contribution in [0.25, 0.3) is 22.0 Å². The molecule has 2 N–H and O–H groups in total. The van der Waals surface area contributed by atoms with Gasteiger partial charge in [-0.1, -0.05) is 29.8 Å². The number of hydrogen-bond acceptors (Lipinski definition) is 5. The summed E-state index contributed by atoms with van der Waals surface area (Å²) in [6.45, 7) is 9.38. The summed E-state index contributed by atoms with van der Waals surface area (Å²) in [7, 11) is 0. The van der Waals surface area contributed by atoms with E-state index in [0.29, 0.717) is 10.8 Å². The number of nitrogens with one attached hydrogen (secondary N) is 1. The molecule has 0 spiro atoms. The summed E-state index contributed by atoms with van der Waals surface area (Å²) in [5, 5.41) is 15.2. The summed E-state index contributed by atoms with van der Waals surface area (Å²) < 4.78 is 0. The van der Waals surface area contributed by atoms with E-state index in [1.807, 2.05) is 25.1 Å². The Morgan fingerprint density at radius 1 is 0.935 bits per heavy atom. The minimum atomic E-state index is -1.08. The van der Waals surface area contributed by atoms with Crippen LogP contribution in [-0.2, 0) is 5.60 Å². The van der Waals surface area contributed by atoms with Gasteiger partial charge in [0.1, 0.15) is 5.60 Å². The van der Waals surface area contributed by atoms with Gasteiger partial charge in [-0.25, -0.2) is 9.97 Å². The number of pyridine rings is 1. The van der Waals surface area contributed by atoms with Gasteiger partial charge in [-0.3, -0.25) is 4.98 Å². The van der Waals surface area contributed by atoms with Crippen molar-refractivity contribution in [3.8, 4) is 11.1 Å². The molecule has 31 heavy (non-hydrogen) atoms. The van der Waals surface area contributed by atoms with Gasteiger partial charge in [0.05, 0.1) is 21.9 Å². The zero-order valence-electron chi connectivity index (χ0n) is 18.3. The van der Waals surface area contributed by atoms with Crippen LogP contribution in [0.3, 0.4) is 0 Å². The second kappa shape index (κ2) is 7.91. The monoisotopic (exact) mass is 432 g/mol. The first kappa shape index (κ1) is 21.2. The van der Waals surface area contributed by atoms with Crippen molar-refractivity contribution in [3.63, 3.8) is 0 Å². The van der Waals surface area contributed by atoms with Gasteiger partial charge in [0, 0.05) is 29.0 Å². The standard InChI is InChI=1S/C25H25ClN4O/c1-14-6-7-15(2)21(10-14)30-23-19-11-17(8-9-20(19)29-16(3)22(23)26)18-12-27-24(28-13-18)25(4,5)31/h6-13,31H,1-5H3,(H,29,30). The van der Waals surface area contributed by atoms with Crippen molar-refractivity contribution >= 4 is 33.9 Å². The summed E-state index contributed by atoms with van der Waals surface area (Å²) in [6.07, 6.45) is 3.45. The Balaban J connectivity index is 1.84. The highest BCUT2D eigenvalue weighted by Gasteiger charge is 2.19. The number of aliphatic hydroxyl groups is 1. The second-order valence-corrected chi connectivity index (χ2v) is 8.79. The third kappa shape index (κ3) is 4.24. The summed E-state index contributed by atoms with van der Waals surface area (Å²) in [6, 6.07) is 12.3. The van der Waals surface area contributed by atoms with Gasteiger partial charge in [-0.15, -0.1) is 0 Å². The molecular weight excluding hydrogens is 408 g/mol. The molecule has 2 aromatic carbocycles. The highest BCUT2D eigenvalue weighted by atomic mass is 35.5. The quantitative estimate of drug-likeness (QED) is 0.399. The fourth-order valence-electron chi connectivity index (χ4n) is 3.46. The first-order valence-electron chi connectivity index (χ1n) is 10.1. The van der Waals surface area contributed by atoms with Crippen molar-refractivity contribution in [1.29, 1.82) is 0 Å². The molecular formula is C25H25ClN4O. The van der Waals surface area contributed by atoms with Crippen LogP contribution in [-0.4, -0.2) is 20.1 Å². The van der Waals surface area contributed by atoms with Gasteiger partial charge >= 0.3 is 0 Å². The van der Waals surface area contributed by atoms with E-state index in [1.54, 1.807) is 26.2 Å². The van der Waals surface area contributed by atoms with Crippen molar-refractivity contribution in [3.05, 3.63) is 76.5 Å². The summed E-state index contributed by atoms with van der Waals surface area (Å²) in [4.78, 5) is 13.3. The first-order valence-corrected chi connectivity index (χ1v) is 10.5. The van der Waals surface area contributed by atoms with Gasteiger partial charge in [0.25, 0.3) is 0 Å². The Hall–Kier alpha value is -3.02. The summed E-state index contributed by atoms with van der Waals surface area (Å²) in [5.41, 5.74) is 6.48. The zero-order valence-corrected chi connectivity index (χ0v) is 19.0. The molecule has 4 rings (SSSR count). The molecule has 0 amide bonds. The zero-order chi connectivity index (χ0) is 22.3. The molecule has 4 aromatic rings. The number of hydrogen-bond donors (Lipinski definition) is 2. The minimum Gasteiger partial charge on any atom is -0.382 e. The number of rotatable bonds is 4. The first-order chi connectivity index (χ1) is 14.6. The maximum Gasteiger partial charge on any atom is 0.159 e. The van der Waals surface area contributed by atoms with Crippen molar-refractivity contribution in [2.24, 2.45) is 0 Å². The van der Waals surface area contributed by atoms with E-state index in [0.717, 1.165) is 44.7 Å². The van der Waals surface area contributed by atoms with E-state index in [4.69, 9.17) is 11.6 Å². The Morgan fingerprint density at radius 2 is 1.65 bits per heavy atom. The largest absolute Gasteiger partial charge is 0.382 e. The molecule has 0 atom stereocenters. The molecule has 158 valence electrons. The predicted molar refractivity (Wildman–Crippen MR) is 127 cm³/mol. The molecule has 6 heteroatoms. The highest BCUT2D eigenvalue weighted by molar-refractivity contribution is 6.35. The number of aromatic nitrogens is 3. The number of anilines is 2. The van der Waals surface area contributed by atoms with E-state index < -0.39 is 5.60 Å². The number of fused-ring (bicyclic) bond motifs is 1. The molecule has 5 nitrogen and oxygen atoms in total. The van der Waals surface area contributed by atoms with Crippen molar-refractivity contribution in [2.45, 2.75) is 40.2 Å². The van der Waals surface area contributed by atoms with Crippen LogP contribution in [0.5, 0.6) is 0 Å². The molecule has 0 bridgehead atoms. The van der Waals surface area contributed by atoms with E-state index in [9.17, 15) is 5.11 Å². The molecule has 0 aliphatic rings. The molecule has 0 fully saturated rings. The van der Waals surface area contributed by atoms with Crippen LogP contribution >= 0.6 is 11.6 Å².